The first kappa shape index (κ1) is 3.61. The maximum Gasteiger partial charge on any atom is 0.199 e. The van der Waals surface area contributed by atoms with Crippen LogP contribution in [0.5, 0.6) is 11.5 Å². The van der Waals surface area contributed by atoms with E-state index in [2.05, 4.69) is 0 Å². The molecule has 0 aromatic carbocycles. The maximum atomic E-state index is 5.03. The lowest BCUT2D eigenvalue weighted by Gasteiger charge is -1.80. The number of aromatic nitrogens is 1. The number of nitrogens with zero attached hydrogens (tertiary/aromatic N) is 1. The van der Waals surface area contributed by atoms with Crippen LogP contribution in [0.15, 0.2) is 23.0 Å². The molecule has 3 rings (SSSR count). The topological polar surface area (TPSA) is 30.1 Å². The lowest BCUT2D eigenvalue weighted by molar-refractivity contribution is 0.372. The van der Waals surface area contributed by atoms with Gasteiger partial charge in [0.1, 0.15) is 11.8 Å². The Morgan fingerprint density at radius 1 is 1.44 bits per heavy atom. The van der Waals surface area contributed by atoms with Gasteiger partial charge in [-0.2, -0.15) is 4.57 Å². The van der Waals surface area contributed by atoms with E-state index in [1.807, 2.05) is 12.3 Å². The van der Waals surface area contributed by atoms with E-state index in [4.69, 9.17) is 9.26 Å². The Bertz CT molecular complexity index is 371. The second-order valence-corrected chi connectivity index (χ2v) is 2.04. The molecule has 0 saturated carbocycles. The van der Waals surface area contributed by atoms with E-state index < -0.39 is 0 Å². The highest BCUT2D eigenvalue weighted by Gasteiger charge is 2.27. The first-order chi connectivity index (χ1) is 4.45. The molecule has 0 radical (unpaired) electrons. The van der Waals surface area contributed by atoms with E-state index in [1.54, 1.807) is 10.8 Å². The molecular weight excluding hydrogens is 118 g/mol. The minimum absolute atomic E-state index is 0.939. The van der Waals surface area contributed by atoms with Crippen LogP contribution in [-0.4, -0.2) is 4.57 Å². The molecule has 44 valence electrons. The first-order valence-corrected chi connectivity index (χ1v) is 2.72. The molecule has 9 heavy (non-hydrogen) atoms. The van der Waals surface area contributed by atoms with Gasteiger partial charge < -0.3 is 9.26 Å². The molecule has 3 nitrogen and oxygen atoms in total. The van der Waals surface area contributed by atoms with Crippen molar-refractivity contribution < 1.29 is 9.26 Å². The summed E-state index contributed by atoms with van der Waals surface area (Å²) < 4.78 is 11.7. The Balaban J connectivity index is 2.70. The lowest BCUT2D eigenvalue weighted by Crippen LogP contribution is -1.71. The summed E-state index contributed by atoms with van der Waals surface area (Å²) >= 11 is 0. The van der Waals surface area contributed by atoms with Crippen molar-refractivity contribution in [1.29, 1.82) is 0 Å². The molecule has 0 saturated heterocycles. The molecule has 1 aliphatic heterocycles. The second kappa shape index (κ2) is 0.857. The highest BCUT2D eigenvalue weighted by molar-refractivity contribution is 5.75. The predicted octanol–water partition coefficient (Wildman–Crippen LogP) is 1.64. The van der Waals surface area contributed by atoms with Crippen molar-refractivity contribution in [3.63, 3.8) is 0 Å². The standard InChI is InChI=1S/C6H3NO2/c1-2-8-7-3-5-6(9-5)4(1)7/h1-3H. The van der Waals surface area contributed by atoms with Crippen LogP contribution in [0.4, 0.5) is 0 Å². The highest BCUT2D eigenvalue weighted by Crippen LogP contribution is 2.50. The molecule has 2 aromatic heterocycles. The third-order valence-corrected chi connectivity index (χ3v) is 1.50. The molecule has 0 aliphatic carbocycles. The molecule has 2 aromatic rings. The Hall–Kier alpha value is -1.38. The van der Waals surface area contributed by atoms with E-state index in [1.165, 1.54) is 0 Å². The zero-order valence-corrected chi connectivity index (χ0v) is 4.50. The Morgan fingerprint density at radius 3 is 3.33 bits per heavy atom. The molecule has 0 spiro atoms. The van der Waals surface area contributed by atoms with E-state index >= 15 is 0 Å². The van der Waals surface area contributed by atoms with Crippen LogP contribution in [0.25, 0.3) is 5.52 Å². The van der Waals surface area contributed by atoms with Gasteiger partial charge in [0, 0.05) is 6.07 Å². The molecule has 0 atom stereocenters. The Morgan fingerprint density at radius 2 is 2.44 bits per heavy atom. The van der Waals surface area contributed by atoms with Gasteiger partial charge in [-0.05, 0) is 0 Å². The van der Waals surface area contributed by atoms with Crippen molar-refractivity contribution in [2.75, 3.05) is 0 Å². The molecule has 0 bridgehead atoms. The molecule has 0 amide bonds. The van der Waals surface area contributed by atoms with E-state index in [-0.39, 0.29) is 0 Å². The Labute approximate surface area is 50.4 Å². The van der Waals surface area contributed by atoms with Crippen LogP contribution in [-0.2, 0) is 0 Å². The second-order valence-electron chi connectivity index (χ2n) is 2.04. The van der Waals surface area contributed by atoms with E-state index in [0.717, 1.165) is 17.0 Å². The molecule has 0 N–H and O–H groups in total. The summed E-state index contributed by atoms with van der Waals surface area (Å²) in [5, 5.41) is 0. The summed E-state index contributed by atoms with van der Waals surface area (Å²) in [4.78, 5) is 0. The zero-order chi connectivity index (χ0) is 5.84. The van der Waals surface area contributed by atoms with Gasteiger partial charge in [0.25, 0.3) is 0 Å². The van der Waals surface area contributed by atoms with Crippen LogP contribution >= 0.6 is 0 Å². The van der Waals surface area contributed by atoms with Gasteiger partial charge in [0.05, 0.1) is 6.20 Å². The number of hydrogen-bond acceptors (Lipinski definition) is 2. The minimum atomic E-state index is 0.939. The largest absolute Gasteiger partial charge is 0.445 e. The van der Waals surface area contributed by atoms with Crippen molar-refractivity contribution in [3.05, 3.63) is 18.5 Å². The summed E-state index contributed by atoms with van der Waals surface area (Å²) in [6, 6.07) is 1.88. The zero-order valence-electron chi connectivity index (χ0n) is 4.50. The quantitative estimate of drug-likeness (QED) is 0.423. The van der Waals surface area contributed by atoms with Crippen molar-refractivity contribution in [3.8, 4) is 11.5 Å². The number of hydrogen-bond donors (Lipinski definition) is 0. The van der Waals surface area contributed by atoms with Gasteiger partial charge in [0.15, 0.2) is 11.5 Å². The first-order valence-electron chi connectivity index (χ1n) is 2.72. The lowest BCUT2D eigenvalue weighted by atomic mass is 10.5. The summed E-state index contributed by atoms with van der Waals surface area (Å²) in [6.07, 6.45) is 3.46. The SMILES string of the molecule is c1cc2c3c(cn2o1)O3. The average Bonchev–Trinajstić information content (AvgIpc) is 2.38. The third kappa shape index (κ3) is 0.276. The van der Waals surface area contributed by atoms with Gasteiger partial charge in [-0.25, -0.2) is 0 Å². The number of rotatable bonds is 0. The smallest absolute Gasteiger partial charge is 0.199 e. The normalized spacial score (nSPS) is 13.3. The van der Waals surface area contributed by atoms with Crippen LogP contribution in [0.2, 0.25) is 0 Å². The van der Waals surface area contributed by atoms with Crippen molar-refractivity contribution >= 4 is 5.52 Å². The van der Waals surface area contributed by atoms with Gasteiger partial charge in [-0.3, -0.25) is 0 Å². The number of ether oxygens (including phenoxy) is 1. The molecule has 3 heterocycles. The Kier molecular flexibility index (Phi) is 0.344. The van der Waals surface area contributed by atoms with Crippen molar-refractivity contribution in [1.82, 2.24) is 4.57 Å². The van der Waals surface area contributed by atoms with Crippen LogP contribution in [0.1, 0.15) is 0 Å². The molecule has 1 aliphatic rings. The fraction of sp³-hybridized carbons (Fsp3) is 0. The molecular formula is C6H3NO2. The van der Waals surface area contributed by atoms with Crippen molar-refractivity contribution in [2.45, 2.75) is 0 Å². The monoisotopic (exact) mass is 121 g/mol. The highest BCUT2D eigenvalue weighted by atomic mass is 16.6. The van der Waals surface area contributed by atoms with E-state index in [9.17, 15) is 0 Å². The van der Waals surface area contributed by atoms with Gasteiger partial charge in [-0.1, -0.05) is 0 Å². The maximum absolute atomic E-state index is 5.03. The summed E-state index contributed by atoms with van der Waals surface area (Å²) in [5.74, 6) is 1.90. The van der Waals surface area contributed by atoms with Gasteiger partial charge in [0.2, 0.25) is 0 Å². The average molecular weight is 121 g/mol. The molecule has 0 unspecified atom stereocenters. The fourth-order valence-corrected chi connectivity index (χ4v) is 1.02. The minimum Gasteiger partial charge on any atom is -0.445 e. The molecule has 3 heteroatoms. The fourth-order valence-electron chi connectivity index (χ4n) is 1.02. The van der Waals surface area contributed by atoms with Gasteiger partial charge in [-0.15, -0.1) is 0 Å². The van der Waals surface area contributed by atoms with Crippen molar-refractivity contribution in [2.24, 2.45) is 0 Å². The number of fused-ring (bicyclic) bond motifs is 3. The summed E-state index contributed by atoms with van der Waals surface area (Å²) in [6.45, 7) is 0. The predicted molar refractivity (Wildman–Crippen MR) is 29.7 cm³/mol. The van der Waals surface area contributed by atoms with Crippen LogP contribution < -0.4 is 4.74 Å². The van der Waals surface area contributed by atoms with Crippen LogP contribution in [0, 0.1) is 0 Å². The summed E-state index contributed by atoms with van der Waals surface area (Å²) in [5.41, 5.74) is 1.02. The third-order valence-electron chi connectivity index (χ3n) is 1.50. The molecule has 0 fully saturated rings. The van der Waals surface area contributed by atoms with Crippen LogP contribution in [0.3, 0.4) is 0 Å². The van der Waals surface area contributed by atoms with E-state index in [0.29, 0.717) is 0 Å². The summed E-state index contributed by atoms with van der Waals surface area (Å²) in [7, 11) is 0. The van der Waals surface area contributed by atoms with Gasteiger partial charge >= 0.3 is 0 Å².